The Morgan fingerprint density at radius 1 is 1.13 bits per heavy atom. The van der Waals surface area contributed by atoms with Crippen LogP contribution in [0.15, 0.2) is 53.3 Å². The fraction of sp³-hybridized carbons (Fsp3) is 0.321. The maximum absolute atomic E-state index is 13.5. The lowest BCUT2D eigenvalue weighted by molar-refractivity contribution is -0.147. The van der Waals surface area contributed by atoms with Crippen molar-refractivity contribution in [3.63, 3.8) is 0 Å². The van der Waals surface area contributed by atoms with Crippen LogP contribution in [-0.2, 0) is 33.8 Å². The molecule has 0 aromatic heterocycles. The first-order valence-corrected chi connectivity index (χ1v) is 12.7. The number of aliphatic hydroxyl groups is 3. The van der Waals surface area contributed by atoms with Crippen LogP contribution in [0.2, 0.25) is 5.02 Å². The SMILES string of the molecule is NC(=O)C1=C(O)[C@@]2(O)C(=O)C3=C(O)c4c(O)cc(CNCCc5ccccc5)c(Cl)c4CC3C[C@H]2CC1=O. The monoisotopic (exact) mass is 538 g/mol. The van der Waals surface area contributed by atoms with Gasteiger partial charge < -0.3 is 31.5 Å². The summed E-state index contributed by atoms with van der Waals surface area (Å²) < 4.78 is 0. The van der Waals surface area contributed by atoms with Gasteiger partial charge in [-0.15, -0.1) is 0 Å². The first kappa shape index (κ1) is 26.0. The molecule has 0 aliphatic heterocycles. The highest BCUT2D eigenvalue weighted by molar-refractivity contribution is 6.32. The molecule has 0 bridgehead atoms. The molecule has 2 aromatic carbocycles. The van der Waals surface area contributed by atoms with Gasteiger partial charge in [-0.3, -0.25) is 14.4 Å². The standard InChI is InChI=1S/C28H27ClN2O7/c29-23-15(12-31-7-6-13-4-2-1-3-5-13)10-18(32)21-17(23)9-14-8-16-11-19(33)22(27(30)37)26(36)28(16,38)25(35)20(14)24(21)34/h1-5,10,14,16,31-32,34,36,38H,6-9,11-12H2,(H2,30,37)/t14?,16-,28-/m0/s1. The van der Waals surface area contributed by atoms with E-state index in [2.05, 4.69) is 5.32 Å². The number of carbonyl (C=O) groups excluding carboxylic acids is 3. The molecule has 5 rings (SSSR count). The number of hydrogen-bond acceptors (Lipinski definition) is 8. The van der Waals surface area contributed by atoms with Gasteiger partial charge in [-0.25, -0.2) is 0 Å². The van der Waals surface area contributed by atoms with Gasteiger partial charge >= 0.3 is 0 Å². The van der Waals surface area contributed by atoms with Crippen molar-refractivity contribution in [1.82, 2.24) is 5.32 Å². The Hall–Kier alpha value is -3.66. The number of phenolic OH excluding ortho intramolecular Hbond substituents is 1. The summed E-state index contributed by atoms with van der Waals surface area (Å²) in [5.41, 5.74) is 3.84. The largest absolute Gasteiger partial charge is 0.508 e. The van der Waals surface area contributed by atoms with Gasteiger partial charge in [0, 0.05) is 29.5 Å². The van der Waals surface area contributed by atoms with E-state index in [9.17, 15) is 34.8 Å². The number of rotatable bonds is 6. The Labute approximate surface area is 223 Å². The van der Waals surface area contributed by atoms with E-state index >= 15 is 0 Å². The van der Waals surface area contributed by atoms with Crippen molar-refractivity contribution >= 4 is 34.8 Å². The maximum atomic E-state index is 13.5. The van der Waals surface area contributed by atoms with Gasteiger partial charge in [0.1, 0.15) is 22.8 Å². The summed E-state index contributed by atoms with van der Waals surface area (Å²) in [6.45, 7) is 1.03. The molecule has 1 unspecified atom stereocenters. The van der Waals surface area contributed by atoms with E-state index in [4.69, 9.17) is 17.3 Å². The average molecular weight is 539 g/mol. The van der Waals surface area contributed by atoms with Crippen LogP contribution in [0.5, 0.6) is 5.75 Å². The van der Waals surface area contributed by atoms with E-state index in [-0.39, 0.29) is 36.1 Å². The topological polar surface area (TPSA) is 170 Å². The summed E-state index contributed by atoms with van der Waals surface area (Å²) >= 11 is 6.72. The fourth-order valence-corrected chi connectivity index (χ4v) is 6.25. The minimum absolute atomic E-state index is 0.0184. The fourth-order valence-electron chi connectivity index (χ4n) is 5.95. The molecule has 0 heterocycles. The molecule has 3 atom stereocenters. The van der Waals surface area contributed by atoms with E-state index in [0.29, 0.717) is 29.2 Å². The van der Waals surface area contributed by atoms with Gasteiger partial charge in [0.2, 0.25) is 5.78 Å². The molecule has 10 heteroatoms. The van der Waals surface area contributed by atoms with E-state index in [1.165, 1.54) is 11.6 Å². The summed E-state index contributed by atoms with van der Waals surface area (Å²) in [5.74, 6) is -6.64. The lowest BCUT2D eigenvalue weighted by atomic mass is 9.59. The van der Waals surface area contributed by atoms with Crippen molar-refractivity contribution < 1.29 is 34.8 Å². The highest BCUT2D eigenvalue weighted by Gasteiger charge is 2.60. The molecule has 7 N–H and O–H groups in total. The molecule has 198 valence electrons. The van der Waals surface area contributed by atoms with Gasteiger partial charge in [-0.1, -0.05) is 41.9 Å². The number of fused-ring (bicyclic) bond motifs is 3. The number of hydrogen-bond donors (Lipinski definition) is 6. The van der Waals surface area contributed by atoms with Crippen LogP contribution in [-0.4, -0.2) is 50.0 Å². The summed E-state index contributed by atoms with van der Waals surface area (Å²) in [4.78, 5) is 37.7. The molecule has 1 amide bonds. The molecule has 1 fully saturated rings. The zero-order valence-electron chi connectivity index (χ0n) is 20.3. The molecule has 9 nitrogen and oxygen atoms in total. The van der Waals surface area contributed by atoms with E-state index in [1.54, 1.807) is 0 Å². The Bertz CT molecular complexity index is 1430. The van der Waals surface area contributed by atoms with Crippen LogP contribution in [0.1, 0.15) is 35.1 Å². The van der Waals surface area contributed by atoms with Crippen LogP contribution in [0, 0.1) is 11.8 Å². The third-order valence-electron chi connectivity index (χ3n) is 7.82. The van der Waals surface area contributed by atoms with Gasteiger partial charge in [0.25, 0.3) is 5.91 Å². The van der Waals surface area contributed by atoms with E-state index in [1.807, 2.05) is 30.3 Å². The third kappa shape index (κ3) is 3.98. The van der Waals surface area contributed by atoms with Crippen LogP contribution in [0.25, 0.3) is 5.76 Å². The first-order valence-electron chi connectivity index (χ1n) is 12.3. The van der Waals surface area contributed by atoms with Gasteiger partial charge in [0.15, 0.2) is 11.4 Å². The van der Waals surface area contributed by atoms with Crippen molar-refractivity contribution in [1.29, 1.82) is 0 Å². The van der Waals surface area contributed by atoms with Crippen LogP contribution in [0.3, 0.4) is 0 Å². The van der Waals surface area contributed by atoms with Crippen LogP contribution in [0.4, 0.5) is 0 Å². The highest BCUT2D eigenvalue weighted by atomic mass is 35.5. The van der Waals surface area contributed by atoms with Crippen molar-refractivity contribution in [3.05, 3.63) is 80.6 Å². The predicted molar refractivity (Wildman–Crippen MR) is 138 cm³/mol. The van der Waals surface area contributed by atoms with Gasteiger partial charge in [0.05, 0.1) is 5.56 Å². The zero-order chi connectivity index (χ0) is 27.4. The van der Waals surface area contributed by atoms with Crippen molar-refractivity contribution in [2.45, 2.75) is 37.8 Å². The van der Waals surface area contributed by atoms with Crippen LogP contribution < -0.4 is 11.1 Å². The van der Waals surface area contributed by atoms with Crippen LogP contribution >= 0.6 is 11.6 Å². The number of amides is 1. The first-order chi connectivity index (χ1) is 18.1. The molecule has 3 aliphatic carbocycles. The number of carbonyl (C=O) groups is 3. The number of ketones is 2. The molecule has 0 saturated heterocycles. The van der Waals surface area contributed by atoms with Gasteiger partial charge in [-0.05, 0) is 54.5 Å². The minimum Gasteiger partial charge on any atom is -0.508 e. The molecule has 0 radical (unpaired) electrons. The van der Waals surface area contributed by atoms with Crippen molar-refractivity contribution in [2.24, 2.45) is 17.6 Å². The number of nitrogens with two attached hydrogens (primary N) is 1. The summed E-state index contributed by atoms with van der Waals surface area (Å²) in [6.07, 6.45) is 0.652. The highest BCUT2D eigenvalue weighted by Crippen LogP contribution is 2.53. The number of benzene rings is 2. The summed E-state index contributed by atoms with van der Waals surface area (Å²) in [6, 6.07) is 11.4. The summed E-state index contributed by atoms with van der Waals surface area (Å²) in [5, 5.41) is 47.5. The zero-order valence-corrected chi connectivity index (χ0v) is 21.1. The second-order valence-corrected chi connectivity index (χ2v) is 10.4. The van der Waals surface area contributed by atoms with E-state index in [0.717, 1.165) is 6.42 Å². The lowest BCUT2D eigenvalue weighted by Gasteiger charge is -2.46. The Kier molecular flexibility index (Phi) is 6.54. The smallest absolute Gasteiger partial charge is 0.255 e. The number of halogens is 1. The van der Waals surface area contributed by atoms with Gasteiger partial charge in [-0.2, -0.15) is 0 Å². The quantitative estimate of drug-likeness (QED) is 0.240. The van der Waals surface area contributed by atoms with E-state index < -0.39 is 52.0 Å². The second kappa shape index (κ2) is 9.58. The third-order valence-corrected chi connectivity index (χ3v) is 8.29. The second-order valence-electron chi connectivity index (χ2n) is 10.0. The number of Topliss-reactive ketones (excluding diaryl/α,β-unsaturated/α-hetero) is 2. The summed E-state index contributed by atoms with van der Waals surface area (Å²) in [7, 11) is 0. The number of aliphatic hydroxyl groups excluding tert-OH is 2. The normalized spacial score (nSPS) is 24.7. The Morgan fingerprint density at radius 2 is 1.84 bits per heavy atom. The number of aromatic hydroxyl groups is 1. The number of primary amides is 1. The molecule has 1 saturated carbocycles. The lowest BCUT2D eigenvalue weighted by Crippen LogP contribution is -2.58. The average Bonchev–Trinajstić information content (AvgIpc) is 2.87. The molecule has 3 aliphatic rings. The molecule has 0 spiro atoms. The van der Waals surface area contributed by atoms with Crippen molar-refractivity contribution in [2.75, 3.05) is 6.54 Å². The number of phenols is 1. The molecule has 2 aromatic rings. The molecular weight excluding hydrogens is 512 g/mol. The minimum atomic E-state index is -2.59. The van der Waals surface area contributed by atoms with Crippen molar-refractivity contribution in [3.8, 4) is 5.75 Å². The predicted octanol–water partition coefficient (Wildman–Crippen LogP) is 2.41. The molecule has 38 heavy (non-hydrogen) atoms. The maximum Gasteiger partial charge on any atom is 0.255 e. The molecular formula is C28H27ClN2O7. The Morgan fingerprint density at radius 3 is 2.53 bits per heavy atom. The number of nitrogens with one attached hydrogen (secondary N) is 1. The Balaban J connectivity index is 1.47.